The van der Waals surface area contributed by atoms with E-state index >= 15 is 0 Å². The Bertz CT molecular complexity index is 346. The van der Waals surface area contributed by atoms with Gasteiger partial charge in [0.2, 0.25) is 0 Å². The standard InChI is InChI=1S/C13H25O5P/c1-7-16-13(14)8-12(6)9-19(15,17-10(2)3)18-11(4)5/h8,10-11H,7,9H2,1-6H3/b12-8-. The van der Waals surface area contributed by atoms with E-state index < -0.39 is 13.6 Å². The SMILES string of the molecule is CCOC(=O)/C=C(/C)CP(=O)(OC(C)C)OC(C)C. The third kappa shape index (κ3) is 8.98. The van der Waals surface area contributed by atoms with Crippen LogP contribution in [0, 0.1) is 0 Å². The molecule has 0 aromatic rings. The van der Waals surface area contributed by atoms with E-state index in [9.17, 15) is 9.36 Å². The number of rotatable bonds is 8. The first-order valence-corrected chi connectivity index (χ1v) is 8.21. The number of carbonyl (C=O) groups excluding carboxylic acids is 1. The molecule has 0 heterocycles. The summed E-state index contributed by atoms with van der Waals surface area (Å²) in [5.41, 5.74) is 0.614. The molecule has 0 aromatic heterocycles. The quantitative estimate of drug-likeness (QED) is 0.389. The van der Waals surface area contributed by atoms with Gasteiger partial charge in [0.15, 0.2) is 0 Å². The summed E-state index contributed by atoms with van der Waals surface area (Å²) in [5, 5.41) is 0. The van der Waals surface area contributed by atoms with E-state index in [1.807, 2.05) is 0 Å². The van der Waals surface area contributed by atoms with E-state index in [2.05, 4.69) is 0 Å². The lowest BCUT2D eigenvalue weighted by Crippen LogP contribution is -2.11. The Hall–Kier alpha value is -0.640. The number of hydrogen-bond acceptors (Lipinski definition) is 5. The third-order valence-corrected chi connectivity index (χ3v) is 4.21. The molecule has 0 rings (SSSR count). The molecule has 6 heteroatoms. The van der Waals surface area contributed by atoms with Gasteiger partial charge in [0, 0.05) is 6.08 Å². The maximum atomic E-state index is 12.5. The fourth-order valence-corrected chi connectivity index (χ4v) is 3.66. The Kier molecular flexibility index (Phi) is 8.23. The monoisotopic (exact) mass is 292 g/mol. The van der Waals surface area contributed by atoms with Crippen LogP contribution in [0.25, 0.3) is 0 Å². The smallest absolute Gasteiger partial charge is 0.335 e. The van der Waals surface area contributed by atoms with Crippen molar-refractivity contribution in [1.29, 1.82) is 0 Å². The van der Waals surface area contributed by atoms with Crippen molar-refractivity contribution in [3.8, 4) is 0 Å². The van der Waals surface area contributed by atoms with Gasteiger partial charge in [-0.05, 0) is 41.5 Å². The van der Waals surface area contributed by atoms with Crippen molar-refractivity contribution in [3.63, 3.8) is 0 Å². The van der Waals surface area contributed by atoms with Gasteiger partial charge in [-0.1, -0.05) is 5.57 Å². The van der Waals surface area contributed by atoms with Crippen LogP contribution in [0.3, 0.4) is 0 Å². The Morgan fingerprint density at radius 3 is 2.00 bits per heavy atom. The Labute approximate surface area is 115 Å². The zero-order valence-corrected chi connectivity index (χ0v) is 13.5. The molecule has 0 amide bonds. The van der Waals surface area contributed by atoms with Crippen LogP contribution in [0.4, 0.5) is 0 Å². The second kappa shape index (κ2) is 8.51. The van der Waals surface area contributed by atoms with Crippen LogP contribution in [0.15, 0.2) is 11.6 Å². The van der Waals surface area contributed by atoms with Crippen LogP contribution in [0.2, 0.25) is 0 Å². The lowest BCUT2D eigenvalue weighted by Gasteiger charge is -2.22. The molecular weight excluding hydrogens is 267 g/mol. The summed E-state index contributed by atoms with van der Waals surface area (Å²) in [6.07, 6.45) is 0.992. The molecule has 0 atom stereocenters. The lowest BCUT2D eigenvalue weighted by molar-refractivity contribution is -0.137. The average molecular weight is 292 g/mol. The summed E-state index contributed by atoms with van der Waals surface area (Å²) in [6, 6.07) is 0. The number of hydrogen-bond donors (Lipinski definition) is 0. The summed E-state index contributed by atoms with van der Waals surface area (Å²) in [5.74, 6) is -0.444. The topological polar surface area (TPSA) is 61.8 Å². The highest BCUT2D eigenvalue weighted by Crippen LogP contribution is 2.51. The van der Waals surface area contributed by atoms with Crippen LogP contribution in [-0.4, -0.2) is 30.9 Å². The summed E-state index contributed by atoms with van der Waals surface area (Å²) in [6.45, 7) is 10.9. The molecule has 19 heavy (non-hydrogen) atoms. The van der Waals surface area contributed by atoms with E-state index in [1.165, 1.54) is 6.08 Å². The van der Waals surface area contributed by atoms with Crippen molar-refractivity contribution in [2.75, 3.05) is 12.8 Å². The van der Waals surface area contributed by atoms with Gasteiger partial charge >= 0.3 is 13.6 Å². The maximum absolute atomic E-state index is 12.5. The molecule has 0 aliphatic heterocycles. The molecule has 0 saturated carbocycles. The molecule has 0 fully saturated rings. The van der Waals surface area contributed by atoms with E-state index in [4.69, 9.17) is 13.8 Å². The second-order valence-electron chi connectivity index (χ2n) is 4.82. The highest BCUT2D eigenvalue weighted by atomic mass is 31.2. The number of ether oxygens (including phenoxy) is 1. The molecule has 0 aliphatic carbocycles. The molecule has 0 saturated heterocycles. The highest BCUT2D eigenvalue weighted by molar-refractivity contribution is 7.54. The van der Waals surface area contributed by atoms with Crippen LogP contribution in [0.1, 0.15) is 41.5 Å². The first kappa shape index (κ1) is 18.4. The van der Waals surface area contributed by atoms with Gasteiger partial charge < -0.3 is 13.8 Å². The Morgan fingerprint density at radius 2 is 1.63 bits per heavy atom. The van der Waals surface area contributed by atoms with Crippen molar-refractivity contribution < 1.29 is 23.1 Å². The predicted molar refractivity (Wildman–Crippen MR) is 75.3 cm³/mol. The fourth-order valence-electron chi connectivity index (χ4n) is 1.48. The van der Waals surface area contributed by atoms with Crippen molar-refractivity contribution in [2.24, 2.45) is 0 Å². The number of allylic oxidation sites excluding steroid dienone is 1. The lowest BCUT2D eigenvalue weighted by atomic mass is 10.3. The van der Waals surface area contributed by atoms with Gasteiger partial charge in [-0.15, -0.1) is 0 Å². The molecule has 0 N–H and O–H groups in total. The maximum Gasteiger partial charge on any atom is 0.335 e. The first-order chi connectivity index (χ1) is 8.68. The Balaban J connectivity index is 4.81. The normalized spacial score (nSPS) is 13.2. The van der Waals surface area contributed by atoms with Crippen LogP contribution in [0.5, 0.6) is 0 Å². The van der Waals surface area contributed by atoms with Crippen molar-refractivity contribution >= 4 is 13.6 Å². The van der Waals surface area contributed by atoms with Gasteiger partial charge in [0.1, 0.15) is 0 Å². The number of esters is 1. The molecule has 0 aliphatic rings. The van der Waals surface area contributed by atoms with Crippen molar-refractivity contribution in [2.45, 2.75) is 53.8 Å². The zero-order valence-electron chi connectivity index (χ0n) is 12.6. The summed E-state index contributed by atoms with van der Waals surface area (Å²) >= 11 is 0. The third-order valence-electron chi connectivity index (χ3n) is 1.84. The van der Waals surface area contributed by atoms with Crippen molar-refractivity contribution in [3.05, 3.63) is 11.6 Å². The largest absolute Gasteiger partial charge is 0.463 e. The molecule has 5 nitrogen and oxygen atoms in total. The molecule has 0 radical (unpaired) electrons. The first-order valence-electron chi connectivity index (χ1n) is 6.48. The molecule has 0 aromatic carbocycles. The summed E-state index contributed by atoms with van der Waals surface area (Å²) in [7, 11) is -3.24. The Morgan fingerprint density at radius 1 is 1.16 bits per heavy atom. The predicted octanol–water partition coefficient (Wildman–Crippen LogP) is 3.54. The minimum absolute atomic E-state index is 0.0855. The molecule has 0 unspecified atom stereocenters. The van der Waals surface area contributed by atoms with Gasteiger partial charge in [0.25, 0.3) is 0 Å². The molecular formula is C13H25O5P. The van der Waals surface area contributed by atoms with Crippen LogP contribution >= 0.6 is 7.60 Å². The van der Waals surface area contributed by atoms with Gasteiger partial charge in [0.05, 0.1) is 25.0 Å². The van der Waals surface area contributed by atoms with E-state index in [1.54, 1.807) is 41.5 Å². The van der Waals surface area contributed by atoms with Gasteiger partial charge in [-0.3, -0.25) is 4.57 Å². The van der Waals surface area contributed by atoms with Gasteiger partial charge in [-0.25, -0.2) is 4.79 Å². The number of carbonyl (C=O) groups is 1. The highest BCUT2D eigenvalue weighted by Gasteiger charge is 2.28. The van der Waals surface area contributed by atoms with E-state index in [0.717, 1.165) is 0 Å². The van der Waals surface area contributed by atoms with Crippen LogP contribution < -0.4 is 0 Å². The minimum atomic E-state index is -3.24. The van der Waals surface area contributed by atoms with Gasteiger partial charge in [-0.2, -0.15) is 0 Å². The average Bonchev–Trinajstić information content (AvgIpc) is 2.12. The van der Waals surface area contributed by atoms with E-state index in [-0.39, 0.29) is 18.4 Å². The van der Waals surface area contributed by atoms with Crippen LogP contribution in [-0.2, 0) is 23.1 Å². The minimum Gasteiger partial charge on any atom is -0.463 e. The second-order valence-corrected chi connectivity index (χ2v) is 6.78. The zero-order chi connectivity index (χ0) is 15.1. The fraction of sp³-hybridized carbons (Fsp3) is 0.769. The summed E-state index contributed by atoms with van der Waals surface area (Å²) < 4.78 is 28.2. The van der Waals surface area contributed by atoms with E-state index in [0.29, 0.717) is 12.2 Å². The van der Waals surface area contributed by atoms with Crippen molar-refractivity contribution in [1.82, 2.24) is 0 Å². The molecule has 0 spiro atoms. The molecule has 0 bridgehead atoms. The molecule has 112 valence electrons. The summed E-state index contributed by atoms with van der Waals surface area (Å²) in [4.78, 5) is 11.3.